The van der Waals surface area contributed by atoms with E-state index >= 15 is 0 Å². The van der Waals surface area contributed by atoms with E-state index in [0.717, 1.165) is 19.3 Å². The van der Waals surface area contributed by atoms with Crippen LogP contribution in [0.25, 0.3) is 0 Å². The summed E-state index contributed by atoms with van der Waals surface area (Å²) in [4.78, 5) is 10.6. The molecule has 3 nitrogen and oxygen atoms in total. The minimum atomic E-state index is -4.77. The van der Waals surface area contributed by atoms with Crippen molar-refractivity contribution < 1.29 is 18.0 Å². The van der Waals surface area contributed by atoms with Gasteiger partial charge in [0.2, 0.25) is 0 Å². The largest absolute Gasteiger partial charge is 0.471 e. The molecule has 1 aliphatic carbocycles. The number of rotatable bonds is 2. The van der Waals surface area contributed by atoms with E-state index in [2.05, 4.69) is 5.32 Å². The van der Waals surface area contributed by atoms with Gasteiger partial charge in [0.05, 0.1) is 0 Å². The maximum atomic E-state index is 11.9. The van der Waals surface area contributed by atoms with Gasteiger partial charge in [0.1, 0.15) is 0 Å². The number of carbonyl (C=O) groups excluding carboxylic acids is 1. The van der Waals surface area contributed by atoms with E-state index < -0.39 is 12.1 Å². The number of amides is 1. The second-order valence-electron chi connectivity index (χ2n) is 4.25. The fraction of sp³-hybridized carbons (Fsp3) is 0.889. The highest BCUT2D eigenvalue weighted by molar-refractivity contribution is 5.81. The lowest BCUT2D eigenvalue weighted by atomic mass is 10.0. The third kappa shape index (κ3) is 2.25. The maximum absolute atomic E-state index is 11.9. The molecular weight excluding hydrogens is 209 g/mol. The lowest BCUT2D eigenvalue weighted by Crippen LogP contribution is -2.47. The van der Waals surface area contributed by atoms with Gasteiger partial charge in [0.15, 0.2) is 0 Å². The molecule has 2 N–H and O–H groups in total. The summed E-state index contributed by atoms with van der Waals surface area (Å²) in [7, 11) is 0. The average Bonchev–Trinajstić information content (AvgIpc) is 2.73. The van der Waals surface area contributed by atoms with E-state index in [9.17, 15) is 18.0 Å². The molecule has 2 rings (SSSR count). The number of halogens is 3. The molecule has 0 aromatic heterocycles. The molecule has 1 saturated heterocycles. The Bertz CT molecular complexity index is 267. The van der Waals surface area contributed by atoms with E-state index in [1.807, 2.05) is 5.32 Å². The number of alkyl halides is 3. The minimum Gasteiger partial charge on any atom is -0.347 e. The van der Waals surface area contributed by atoms with Gasteiger partial charge in [0, 0.05) is 18.6 Å². The molecule has 1 heterocycles. The second kappa shape index (κ2) is 3.66. The number of hydrogen-bond donors (Lipinski definition) is 2. The molecule has 0 aromatic carbocycles. The Balaban J connectivity index is 1.77. The monoisotopic (exact) mass is 222 g/mol. The predicted octanol–water partition coefficient (Wildman–Crippen LogP) is 0.805. The number of carbonyl (C=O) groups is 1. The first-order valence-electron chi connectivity index (χ1n) is 5.08. The average molecular weight is 222 g/mol. The summed E-state index contributed by atoms with van der Waals surface area (Å²) in [6.07, 6.45) is -1.57. The zero-order valence-electron chi connectivity index (χ0n) is 8.10. The molecule has 1 aliphatic heterocycles. The Kier molecular flexibility index (Phi) is 2.62. The zero-order valence-corrected chi connectivity index (χ0v) is 8.10. The Morgan fingerprint density at radius 1 is 1.40 bits per heavy atom. The fourth-order valence-electron chi connectivity index (χ4n) is 2.50. The van der Waals surface area contributed by atoms with Gasteiger partial charge in [0.25, 0.3) is 0 Å². The normalized spacial score (nSPS) is 34.5. The van der Waals surface area contributed by atoms with Gasteiger partial charge in [-0.2, -0.15) is 13.2 Å². The van der Waals surface area contributed by atoms with Crippen molar-refractivity contribution in [3.63, 3.8) is 0 Å². The molecular formula is C9H13F3N2O. The summed E-state index contributed by atoms with van der Waals surface area (Å²) in [6.45, 7) is 0.0828. The molecule has 2 aliphatic rings. The molecule has 1 saturated carbocycles. The van der Waals surface area contributed by atoms with Crippen LogP contribution in [0.2, 0.25) is 0 Å². The van der Waals surface area contributed by atoms with Crippen molar-refractivity contribution in [2.75, 3.05) is 6.54 Å². The standard InChI is InChI=1S/C9H13F3N2O/c10-9(11,12)8(15)13-4-7-5-1-2-6(3-5)14-7/h5-7,14H,1-4H2,(H,13,15)/t5-,6+,7+/m0/s1. The zero-order chi connectivity index (χ0) is 11.1. The third-order valence-electron chi connectivity index (χ3n) is 3.23. The van der Waals surface area contributed by atoms with Crippen molar-refractivity contribution in [2.24, 2.45) is 5.92 Å². The van der Waals surface area contributed by atoms with Gasteiger partial charge in [-0.15, -0.1) is 0 Å². The summed E-state index contributed by atoms with van der Waals surface area (Å²) in [6, 6.07) is 0.470. The highest BCUT2D eigenvalue weighted by Crippen LogP contribution is 2.34. The first-order chi connectivity index (χ1) is 6.97. The summed E-state index contributed by atoms with van der Waals surface area (Å²) in [5.74, 6) is -1.41. The molecule has 0 spiro atoms. The first kappa shape index (κ1) is 10.7. The van der Waals surface area contributed by atoms with Crippen molar-refractivity contribution in [2.45, 2.75) is 37.5 Å². The van der Waals surface area contributed by atoms with Crippen LogP contribution >= 0.6 is 0 Å². The molecule has 0 radical (unpaired) electrons. The van der Waals surface area contributed by atoms with Crippen LogP contribution in [0, 0.1) is 5.92 Å². The van der Waals surface area contributed by atoms with E-state index in [1.165, 1.54) is 0 Å². The number of piperidine rings is 1. The highest BCUT2D eigenvalue weighted by Gasteiger charge is 2.42. The lowest BCUT2D eigenvalue weighted by molar-refractivity contribution is -0.173. The minimum absolute atomic E-state index is 0.0232. The predicted molar refractivity (Wildman–Crippen MR) is 47.1 cm³/mol. The van der Waals surface area contributed by atoms with E-state index in [1.54, 1.807) is 0 Å². The molecule has 15 heavy (non-hydrogen) atoms. The van der Waals surface area contributed by atoms with Gasteiger partial charge in [-0.05, 0) is 25.2 Å². The van der Waals surface area contributed by atoms with Crippen molar-refractivity contribution in [3.05, 3.63) is 0 Å². The van der Waals surface area contributed by atoms with Gasteiger partial charge >= 0.3 is 12.1 Å². The first-order valence-corrected chi connectivity index (χ1v) is 5.08. The van der Waals surface area contributed by atoms with Gasteiger partial charge in [-0.3, -0.25) is 4.79 Å². The molecule has 2 fully saturated rings. The van der Waals surface area contributed by atoms with Crippen LogP contribution in [0.5, 0.6) is 0 Å². The molecule has 0 unspecified atom stereocenters. The van der Waals surface area contributed by atoms with Crippen LogP contribution < -0.4 is 10.6 Å². The smallest absolute Gasteiger partial charge is 0.347 e. The van der Waals surface area contributed by atoms with E-state index in [-0.39, 0.29) is 12.6 Å². The number of fused-ring (bicyclic) bond motifs is 2. The summed E-state index contributed by atoms with van der Waals surface area (Å²) >= 11 is 0. The maximum Gasteiger partial charge on any atom is 0.471 e. The Labute approximate surface area is 85.4 Å². The molecule has 3 atom stereocenters. The van der Waals surface area contributed by atoms with Gasteiger partial charge in [-0.1, -0.05) is 0 Å². The highest BCUT2D eigenvalue weighted by atomic mass is 19.4. The van der Waals surface area contributed by atoms with Crippen molar-refractivity contribution in [3.8, 4) is 0 Å². The Hall–Kier alpha value is -0.780. The lowest BCUT2D eigenvalue weighted by Gasteiger charge is -2.23. The number of nitrogens with one attached hydrogen (secondary N) is 2. The van der Waals surface area contributed by atoms with Crippen molar-refractivity contribution in [1.82, 2.24) is 10.6 Å². The summed E-state index contributed by atoms with van der Waals surface area (Å²) in [5, 5.41) is 5.14. The quantitative estimate of drug-likeness (QED) is 0.725. The second-order valence-corrected chi connectivity index (χ2v) is 4.25. The van der Waals surface area contributed by atoms with E-state index in [4.69, 9.17) is 0 Å². The Morgan fingerprint density at radius 2 is 2.13 bits per heavy atom. The summed E-state index contributed by atoms with van der Waals surface area (Å²) in [5.41, 5.74) is 0. The van der Waals surface area contributed by atoms with Crippen LogP contribution in [0.3, 0.4) is 0 Å². The Morgan fingerprint density at radius 3 is 2.60 bits per heavy atom. The van der Waals surface area contributed by atoms with Crippen molar-refractivity contribution in [1.29, 1.82) is 0 Å². The molecule has 86 valence electrons. The van der Waals surface area contributed by atoms with Crippen LogP contribution in [0.15, 0.2) is 0 Å². The third-order valence-corrected chi connectivity index (χ3v) is 3.23. The van der Waals surface area contributed by atoms with Crippen molar-refractivity contribution >= 4 is 5.91 Å². The van der Waals surface area contributed by atoms with Crippen LogP contribution in [-0.4, -0.2) is 30.7 Å². The fourth-order valence-corrected chi connectivity index (χ4v) is 2.50. The topological polar surface area (TPSA) is 41.1 Å². The SMILES string of the molecule is O=C(NC[C@H]1N[C@@H]2CC[C@H]1C2)C(F)(F)F. The molecule has 2 bridgehead atoms. The summed E-state index contributed by atoms with van der Waals surface area (Å²) < 4.78 is 35.6. The van der Waals surface area contributed by atoms with Gasteiger partial charge < -0.3 is 10.6 Å². The van der Waals surface area contributed by atoms with Crippen LogP contribution in [0.4, 0.5) is 13.2 Å². The van der Waals surface area contributed by atoms with Gasteiger partial charge in [-0.25, -0.2) is 0 Å². The number of hydrogen-bond acceptors (Lipinski definition) is 2. The molecule has 0 aromatic rings. The molecule has 1 amide bonds. The van der Waals surface area contributed by atoms with E-state index in [0.29, 0.717) is 12.0 Å². The molecule has 6 heteroatoms. The van der Waals surface area contributed by atoms with Crippen LogP contribution in [0.1, 0.15) is 19.3 Å². The van der Waals surface area contributed by atoms with Crippen LogP contribution in [-0.2, 0) is 4.79 Å².